The van der Waals surface area contributed by atoms with Crippen LogP contribution in [0.1, 0.15) is 62.9 Å². The summed E-state index contributed by atoms with van der Waals surface area (Å²) < 4.78 is 18.3. The summed E-state index contributed by atoms with van der Waals surface area (Å²) in [5.41, 5.74) is 8.12. The molecule has 5 nitrogen and oxygen atoms in total. The van der Waals surface area contributed by atoms with Crippen LogP contribution >= 0.6 is 0 Å². The third kappa shape index (κ3) is 5.20. The molecule has 4 rings (SSSR count). The minimum atomic E-state index is -0.0675. The molecule has 3 aromatic rings. The predicted octanol–water partition coefficient (Wildman–Crippen LogP) is 7.88. The number of hydrogen-bond acceptors (Lipinski definition) is 5. The number of aromatic nitrogens is 1. The highest BCUT2D eigenvalue weighted by atomic mass is 16.5. The summed E-state index contributed by atoms with van der Waals surface area (Å²) in [6, 6.07) is 17.2. The standard InChI is InChI=1S/C31H38N2O3/c1-7-13-26-18-24(16-17-28(26)25-14-11-10-12-15-25)20-35-29-19-27(8-2)33(23(6)30(29)34-9-3)31-21(4)22(5)32-36-31/h10-12,14-19,23H,7-9,13,20H2,1-6H3. The lowest BCUT2D eigenvalue weighted by molar-refractivity contribution is 0.145. The van der Waals surface area contributed by atoms with E-state index in [1.807, 2.05) is 20.8 Å². The van der Waals surface area contributed by atoms with Crippen LogP contribution in [-0.4, -0.2) is 17.8 Å². The van der Waals surface area contributed by atoms with E-state index in [0.29, 0.717) is 13.2 Å². The maximum Gasteiger partial charge on any atom is 0.235 e. The van der Waals surface area contributed by atoms with Gasteiger partial charge < -0.3 is 18.9 Å². The van der Waals surface area contributed by atoms with E-state index < -0.39 is 0 Å². The highest BCUT2D eigenvalue weighted by molar-refractivity contribution is 5.68. The lowest BCUT2D eigenvalue weighted by atomic mass is 9.95. The van der Waals surface area contributed by atoms with Crippen LogP contribution in [0.4, 0.5) is 5.88 Å². The van der Waals surface area contributed by atoms with Crippen molar-refractivity contribution in [3.05, 3.63) is 94.2 Å². The Morgan fingerprint density at radius 2 is 1.78 bits per heavy atom. The monoisotopic (exact) mass is 486 g/mol. The smallest absolute Gasteiger partial charge is 0.235 e. The Bertz CT molecular complexity index is 1240. The average Bonchev–Trinajstić information content (AvgIpc) is 3.22. The number of benzene rings is 2. The molecule has 1 unspecified atom stereocenters. The van der Waals surface area contributed by atoms with Crippen LogP contribution in [0.5, 0.6) is 0 Å². The van der Waals surface area contributed by atoms with Gasteiger partial charge in [0.1, 0.15) is 6.61 Å². The van der Waals surface area contributed by atoms with Crippen molar-refractivity contribution < 1.29 is 14.0 Å². The second-order valence-corrected chi connectivity index (χ2v) is 9.29. The zero-order valence-electron chi connectivity index (χ0n) is 22.4. The Morgan fingerprint density at radius 3 is 2.42 bits per heavy atom. The summed E-state index contributed by atoms with van der Waals surface area (Å²) in [6.45, 7) is 13.6. The van der Waals surface area contributed by atoms with E-state index in [9.17, 15) is 0 Å². The number of aryl methyl sites for hydroxylation is 2. The van der Waals surface area contributed by atoms with Crippen LogP contribution < -0.4 is 4.90 Å². The molecule has 0 spiro atoms. The minimum absolute atomic E-state index is 0.0675. The van der Waals surface area contributed by atoms with Crippen LogP contribution in [0, 0.1) is 13.8 Å². The van der Waals surface area contributed by atoms with E-state index in [1.54, 1.807) is 0 Å². The third-order valence-electron chi connectivity index (χ3n) is 6.80. The van der Waals surface area contributed by atoms with Crippen molar-refractivity contribution in [1.82, 2.24) is 5.16 Å². The Balaban J connectivity index is 1.62. The van der Waals surface area contributed by atoms with Crippen molar-refractivity contribution in [3.63, 3.8) is 0 Å². The number of nitrogens with zero attached hydrogens (tertiary/aromatic N) is 2. The molecule has 1 aliphatic rings. The van der Waals surface area contributed by atoms with E-state index in [1.165, 1.54) is 16.7 Å². The Morgan fingerprint density at radius 1 is 1.00 bits per heavy atom. The molecule has 0 amide bonds. The summed E-state index contributed by atoms with van der Waals surface area (Å²) in [4.78, 5) is 2.18. The summed E-state index contributed by atoms with van der Waals surface area (Å²) in [6.07, 6.45) is 5.06. The SMILES string of the molecule is CCCc1cc(COC2=C(OCC)C(C)N(c3onc(C)c3C)C(CC)=C2)ccc1-c1ccccc1. The third-order valence-corrected chi connectivity index (χ3v) is 6.80. The van der Waals surface area contributed by atoms with Gasteiger partial charge in [0, 0.05) is 17.3 Å². The van der Waals surface area contributed by atoms with E-state index >= 15 is 0 Å². The van der Waals surface area contributed by atoms with Gasteiger partial charge in [-0.05, 0) is 62.8 Å². The summed E-state index contributed by atoms with van der Waals surface area (Å²) in [5, 5.41) is 4.18. The van der Waals surface area contributed by atoms with Crippen molar-refractivity contribution in [2.45, 2.75) is 73.5 Å². The maximum atomic E-state index is 6.44. The van der Waals surface area contributed by atoms with Gasteiger partial charge in [0.05, 0.1) is 18.3 Å². The molecule has 1 atom stereocenters. The molecule has 1 aliphatic heterocycles. The zero-order chi connectivity index (χ0) is 25.7. The fourth-order valence-corrected chi connectivity index (χ4v) is 4.80. The van der Waals surface area contributed by atoms with Crippen molar-refractivity contribution in [1.29, 1.82) is 0 Å². The Kier molecular flexibility index (Phi) is 8.19. The number of hydrogen-bond donors (Lipinski definition) is 0. The van der Waals surface area contributed by atoms with Crippen molar-refractivity contribution in [3.8, 4) is 11.1 Å². The van der Waals surface area contributed by atoms with Crippen molar-refractivity contribution in [2.75, 3.05) is 11.5 Å². The second kappa shape index (κ2) is 11.5. The number of anilines is 1. The zero-order valence-corrected chi connectivity index (χ0v) is 22.4. The molecule has 0 fully saturated rings. The van der Waals surface area contributed by atoms with Gasteiger partial charge in [-0.15, -0.1) is 0 Å². The number of rotatable bonds is 10. The summed E-state index contributed by atoms with van der Waals surface area (Å²) in [5.74, 6) is 2.37. The molecule has 2 aromatic carbocycles. The molecular formula is C31H38N2O3. The van der Waals surface area contributed by atoms with Gasteiger partial charge in [-0.1, -0.05) is 74.0 Å². The second-order valence-electron chi connectivity index (χ2n) is 9.29. The Labute approximate surface area is 215 Å². The molecule has 5 heteroatoms. The molecule has 0 bridgehead atoms. The molecule has 2 heterocycles. The lowest BCUT2D eigenvalue weighted by Gasteiger charge is -2.36. The number of ether oxygens (including phenoxy) is 2. The summed E-state index contributed by atoms with van der Waals surface area (Å²) >= 11 is 0. The minimum Gasteiger partial charge on any atom is -0.492 e. The first kappa shape index (κ1) is 25.6. The first-order valence-corrected chi connectivity index (χ1v) is 13.1. The predicted molar refractivity (Wildman–Crippen MR) is 146 cm³/mol. The number of allylic oxidation sites excluding steroid dienone is 2. The maximum absolute atomic E-state index is 6.44. The van der Waals surface area contributed by atoms with Crippen LogP contribution in [0.15, 0.2) is 76.3 Å². The highest BCUT2D eigenvalue weighted by Crippen LogP contribution is 2.37. The van der Waals surface area contributed by atoms with Gasteiger partial charge in [0.2, 0.25) is 5.88 Å². The largest absolute Gasteiger partial charge is 0.492 e. The van der Waals surface area contributed by atoms with Gasteiger partial charge >= 0.3 is 0 Å². The van der Waals surface area contributed by atoms with Gasteiger partial charge in [-0.2, -0.15) is 0 Å². The average molecular weight is 487 g/mol. The molecule has 0 N–H and O–H groups in total. The molecule has 36 heavy (non-hydrogen) atoms. The van der Waals surface area contributed by atoms with Crippen LogP contribution in [0.2, 0.25) is 0 Å². The van der Waals surface area contributed by atoms with Crippen molar-refractivity contribution in [2.24, 2.45) is 0 Å². The van der Waals surface area contributed by atoms with Gasteiger partial charge in [0.15, 0.2) is 11.5 Å². The Hall–Kier alpha value is -3.47. The molecule has 190 valence electrons. The first-order valence-electron chi connectivity index (χ1n) is 13.1. The molecule has 0 aliphatic carbocycles. The molecule has 0 saturated carbocycles. The van der Waals surface area contributed by atoms with E-state index in [0.717, 1.165) is 59.2 Å². The molecule has 1 aromatic heterocycles. The first-order chi connectivity index (χ1) is 17.5. The summed E-state index contributed by atoms with van der Waals surface area (Å²) in [7, 11) is 0. The lowest BCUT2D eigenvalue weighted by Crippen LogP contribution is -2.38. The van der Waals surface area contributed by atoms with E-state index in [2.05, 4.69) is 85.4 Å². The van der Waals surface area contributed by atoms with Gasteiger partial charge in [-0.25, -0.2) is 0 Å². The van der Waals surface area contributed by atoms with Crippen LogP contribution in [0.25, 0.3) is 11.1 Å². The molecular weight excluding hydrogens is 448 g/mol. The fourth-order valence-electron chi connectivity index (χ4n) is 4.80. The van der Waals surface area contributed by atoms with Gasteiger partial charge in [0.25, 0.3) is 0 Å². The van der Waals surface area contributed by atoms with Crippen molar-refractivity contribution >= 4 is 5.88 Å². The molecule has 0 radical (unpaired) electrons. The van der Waals surface area contributed by atoms with E-state index in [4.69, 9.17) is 14.0 Å². The fraction of sp³-hybridized carbons (Fsp3) is 0.387. The normalized spacial score (nSPS) is 15.8. The van der Waals surface area contributed by atoms with Crippen LogP contribution in [0.3, 0.4) is 0 Å². The molecule has 0 saturated heterocycles. The quantitative estimate of drug-likeness (QED) is 0.292. The highest BCUT2D eigenvalue weighted by Gasteiger charge is 2.33. The van der Waals surface area contributed by atoms with Gasteiger partial charge in [-0.3, -0.25) is 0 Å². The van der Waals surface area contributed by atoms with E-state index in [-0.39, 0.29) is 6.04 Å². The topological polar surface area (TPSA) is 47.7 Å². The van der Waals surface area contributed by atoms with Crippen LogP contribution in [-0.2, 0) is 22.5 Å².